The third kappa shape index (κ3) is 8.03. The number of allylic oxidation sites excluding steroid dienone is 1. The first-order chi connectivity index (χ1) is 18.7. The average Bonchev–Trinajstić information content (AvgIpc) is 2.94. The number of carbonyl (C=O) groups is 1. The summed E-state index contributed by atoms with van der Waals surface area (Å²) in [7, 11) is 7.28. The summed E-state index contributed by atoms with van der Waals surface area (Å²) in [5.74, 6) is 2.10. The Bertz CT molecular complexity index is 1180. The van der Waals surface area contributed by atoms with E-state index >= 15 is 0 Å². The lowest BCUT2D eigenvalue weighted by atomic mass is 10.2. The van der Waals surface area contributed by atoms with Gasteiger partial charge in [0, 0.05) is 89.3 Å². The number of methoxy groups -OCH3 is 1. The van der Waals surface area contributed by atoms with Gasteiger partial charge in [-0.3, -0.25) is 9.69 Å². The van der Waals surface area contributed by atoms with E-state index in [1.807, 2.05) is 38.4 Å². The van der Waals surface area contributed by atoms with Crippen LogP contribution in [0.1, 0.15) is 12.5 Å². The molecule has 1 saturated heterocycles. The van der Waals surface area contributed by atoms with Crippen LogP contribution in [0, 0.1) is 6.92 Å². The van der Waals surface area contributed by atoms with Crippen LogP contribution in [-0.4, -0.2) is 104 Å². The summed E-state index contributed by atoms with van der Waals surface area (Å²) in [6, 6.07) is 6.10. The van der Waals surface area contributed by atoms with Crippen molar-refractivity contribution in [2.45, 2.75) is 13.8 Å². The summed E-state index contributed by atoms with van der Waals surface area (Å²) in [6.45, 7) is 12.5. The van der Waals surface area contributed by atoms with Gasteiger partial charge in [-0.1, -0.05) is 18.5 Å². The molecule has 2 N–H and O–H groups in total. The minimum absolute atomic E-state index is 0.133. The first-order valence-electron chi connectivity index (χ1n) is 13.0. The molecule has 1 fully saturated rings. The molecule has 0 radical (unpaired) electrons. The van der Waals surface area contributed by atoms with Gasteiger partial charge in [0.15, 0.2) is 0 Å². The van der Waals surface area contributed by atoms with Crippen LogP contribution >= 0.6 is 11.9 Å². The van der Waals surface area contributed by atoms with Crippen molar-refractivity contribution in [2.24, 2.45) is 0 Å². The number of piperazine rings is 1. The van der Waals surface area contributed by atoms with E-state index in [1.54, 1.807) is 44.2 Å². The molecule has 39 heavy (non-hydrogen) atoms. The normalized spacial score (nSPS) is 14.4. The monoisotopic (exact) mass is 554 g/mol. The first-order valence-corrected chi connectivity index (χ1v) is 14.1. The highest BCUT2D eigenvalue weighted by Crippen LogP contribution is 2.32. The molecule has 2 heterocycles. The summed E-state index contributed by atoms with van der Waals surface area (Å²) in [4.78, 5) is 27.4. The predicted molar refractivity (Wildman–Crippen MR) is 163 cm³/mol. The van der Waals surface area contributed by atoms with E-state index in [4.69, 9.17) is 9.72 Å². The molecule has 1 amide bonds. The Labute approximate surface area is 237 Å². The second kappa shape index (κ2) is 14.1. The van der Waals surface area contributed by atoms with Gasteiger partial charge in [0.1, 0.15) is 11.6 Å². The number of aromatic nitrogens is 2. The zero-order valence-electron chi connectivity index (χ0n) is 24.2. The van der Waals surface area contributed by atoms with Gasteiger partial charge in [-0.05, 0) is 37.6 Å². The lowest BCUT2D eigenvalue weighted by molar-refractivity contribution is -0.129. The van der Waals surface area contributed by atoms with Crippen LogP contribution < -0.4 is 20.3 Å². The SMILES string of the molecule is C=C/C(=C(\C)CNc1nc(Nc2ccc(N3CCN(CC(=O)N(C)C)CC3)cc2OC)ncc1C)N(C)SC. The summed E-state index contributed by atoms with van der Waals surface area (Å²) in [5, 5.41) is 6.75. The number of rotatable bonds is 12. The maximum atomic E-state index is 12.0. The molecule has 1 aliphatic rings. The van der Waals surface area contributed by atoms with Crippen molar-refractivity contribution in [1.82, 2.24) is 24.1 Å². The van der Waals surface area contributed by atoms with Crippen LogP contribution in [0.2, 0.25) is 0 Å². The highest BCUT2D eigenvalue weighted by atomic mass is 32.2. The van der Waals surface area contributed by atoms with Gasteiger partial charge in [-0.25, -0.2) is 4.98 Å². The quantitative estimate of drug-likeness (QED) is 0.298. The first kappa shape index (κ1) is 30.1. The number of nitrogens with zero attached hydrogens (tertiary/aromatic N) is 6. The van der Waals surface area contributed by atoms with E-state index in [1.165, 1.54) is 0 Å². The summed E-state index contributed by atoms with van der Waals surface area (Å²) in [5.41, 5.74) is 5.07. The Morgan fingerprint density at radius 1 is 1.23 bits per heavy atom. The molecule has 3 rings (SSSR count). The number of aryl methyl sites for hydroxylation is 1. The Morgan fingerprint density at radius 3 is 2.56 bits per heavy atom. The van der Waals surface area contributed by atoms with Crippen molar-refractivity contribution in [3.63, 3.8) is 0 Å². The van der Waals surface area contributed by atoms with E-state index in [2.05, 4.69) is 49.3 Å². The lowest BCUT2D eigenvalue weighted by Crippen LogP contribution is -2.49. The number of amides is 1. The van der Waals surface area contributed by atoms with Gasteiger partial charge in [0.25, 0.3) is 0 Å². The minimum Gasteiger partial charge on any atom is -0.494 e. The number of benzene rings is 1. The summed E-state index contributed by atoms with van der Waals surface area (Å²) >= 11 is 1.64. The maximum absolute atomic E-state index is 12.0. The maximum Gasteiger partial charge on any atom is 0.236 e. The van der Waals surface area contributed by atoms with Crippen LogP contribution in [-0.2, 0) is 4.79 Å². The molecular formula is C28H42N8O2S. The van der Waals surface area contributed by atoms with Crippen molar-refractivity contribution in [2.75, 3.05) is 89.3 Å². The van der Waals surface area contributed by atoms with Gasteiger partial charge in [-0.2, -0.15) is 4.98 Å². The number of nitrogens with one attached hydrogen (secondary N) is 2. The van der Waals surface area contributed by atoms with Crippen molar-refractivity contribution in [3.8, 4) is 5.75 Å². The third-order valence-corrected chi connectivity index (χ3v) is 7.51. The van der Waals surface area contributed by atoms with Gasteiger partial charge in [-0.15, -0.1) is 0 Å². The molecule has 1 aromatic carbocycles. The largest absolute Gasteiger partial charge is 0.494 e. The third-order valence-electron chi connectivity index (χ3n) is 6.76. The number of ether oxygens (including phenoxy) is 1. The van der Waals surface area contributed by atoms with E-state index in [0.717, 1.165) is 60.2 Å². The molecule has 10 nitrogen and oxygen atoms in total. The number of anilines is 4. The van der Waals surface area contributed by atoms with Gasteiger partial charge < -0.3 is 29.5 Å². The Balaban J connectivity index is 1.68. The minimum atomic E-state index is 0.133. The highest BCUT2D eigenvalue weighted by molar-refractivity contribution is 7.96. The van der Waals surface area contributed by atoms with Crippen molar-refractivity contribution < 1.29 is 9.53 Å². The molecular weight excluding hydrogens is 512 g/mol. The van der Waals surface area contributed by atoms with Crippen LogP contribution in [0.4, 0.5) is 23.1 Å². The number of likely N-dealkylation sites (N-methyl/N-ethyl adjacent to an activating group) is 2. The van der Waals surface area contributed by atoms with Crippen LogP contribution in [0.15, 0.2) is 48.3 Å². The Morgan fingerprint density at radius 2 is 1.95 bits per heavy atom. The summed E-state index contributed by atoms with van der Waals surface area (Å²) in [6.07, 6.45) is 5.71. The smallest absolute Gasteiger partial charge is 0.236 e. The fourth-order valence-corrected chi connectivity index (χ4v) is 4.68. The van der Waals surface area contributed by atoms with Crippen molar-refractivity contribution in [1.29, 1.82) is 0 Å². The van der Waals surface area contributed by atoms with Gasteiger partial charge >= 0.3 is 0 Å². The second-order valence-electron chi connectivity index (χ2n) is 9.69. The highest BCUT2D eigenvalue weighted by Gasteiger charge is 2.21. The zero-order valence-corrected chi connectivity index (χ0v) is 25.1. The molecule has 0 unspecified atom stereocenters. The molecule has 2 aromatic rings. The fourth-order valence-electron chi connectivity index (χ4n) is 4.26. The van der Waals surface area contributed by atoms with Crippen molar-refractivity contribution in [3.05, 3.63) is 53.9 Å². The molecule has 0 saturated carbocycles. The number of hydrogen-bond donors (Lipinski definition) is 2. The lowest BCUT2D eigenvalue weighted by Gasteiger charge is -2.36. The van der Waals surface area contributed by atoms with Crippen LogP contribution in [0.25, 0.3) is 0 Å². The molecule has 1 aromatic heterocycles. The second-order valence-corrected chi connectivity index (χ2v) is 10.6. The fraction of sp³-hybridized carbons (Fsp3) is 0.464. The number of hydrogen-bond acceptors (Lipinski definition) is 10. The molecule has 0 spiro atoms. The summed E-state index contributed by atoms with van der Waals surface area (Å²) < 4.78 is 7.80. The Hall–Kier alpha value is -3.44. The van der Waals surface area contributed by atoms with E-state index in [-0.39, 0.29) is 5.91 Å². The predicted octanol–water partition coefficient (Wildman–Crippen LogP) is 3.83. The molecule has 1 aliphatic heterocycles. The molecule has 0 bridgehead atoms. The standard InChI is InChI=1S/C28H42N8O2S/c1-9-24(34(6)39-8)20(2)17-29-27-21(3)18-30-28(32-27)31-23-11-10-22(16-25(23)38-7)36-14-12-35(13-15-36)19-26(37)33(4)5/h9-11,16,18H,1,12-15,17,19H2,2-8H3,(H2,29,30,31,32)/b24-20-. The van der Waals surface area contributed by atoms with E-state index in [9.17, 15) is 4.79 Å². The average molecular weight is 555 g/mol. The van der Waals surface area contributed by atoms with Crippen LogP contribution in [0.3, 0.4) is 0 Å². The van der Waals surface area contributed by atoms with Gasteiger partial charge in [0.05, 0.1) is 19.3 Å². The van der Waals surface area contributed by atoms with Crippen LogP contribution in [0.5, 0.6) is 5.75 Å². The molecule has 0 atom stereocenters. The van der Waals surface area contributed by atoms with E-state index < -0.39 is 0 Å². The van der Waals surface area contributed by atoms with E-state index in [0.29, 0.717) is 24.8 Å². The topological polar surface area (TPSA) is 89.1 Å². The van der Waals surface area contributed by atoms with Gasteiger partial charge in [0.2, 0.25) is 11.9 Å². The Kier molecular flexibility index (Phi) is 10.9. The number of carbonyl (C=O) groups excluding carboxylic acids is 1. The zero-order chi connectivity index (χ0) is 28.5. The molecule has 11 heteroatoms. The molecule has 0 aliphatic carbocycles. The molecule has 212 valence electrons. The van der Waals surface area contributed by atoms with Crippen molar-refractivity contribution >= 4 is 41.0 Å².